The number of nitrogens with zero attached hydrogens (tertiary/aromatic N) is 1. The molecule has 0 unspecified atom stereocenters. The number of carbonyl (C=O) groups excluding carboxylic acids is 1. The summed E-state index contributed by atoms with van der Waals surface area (Å²) < 4.78 is 0.615. The van der Waals surface area contributed by atoms with Crippen LogP contribution in [0, 0.1) is 0 Å². The van der Waals surface area contributed by atoms with Gasteiger partial charge in [-0.2, -0.15) is 0 Å². The molecule has 0 heterocycles. The minimum atomic E-state index is -1.13. The maximum absolute atomic E-state index is 12.1. The van der Waals surface area contributed by atoms with Crippen LogP contribution in [0.25, 0.3) is 0 Å². The molecule has 20 heavy (non-hydrogen) atoms. The number of hydrogen-bond acceptors (Lipinski definition) is 3. The molecule has 0 fully saturated rings. The smallest absolute Gasteiger partial charge is 0.337 e. The first-order valence-corrected chi connectivity index (χ1v) is 6.87. The SMILES string of the molecule is CC(C)N(CCO)C(=O)Nc1ccc(Br)cc1C(=O)O. The zero-order valence-corrected chi connectivity index (χ0v) is 12.8. The third kappa shape index (κ3) is 4.21. The molecular formula is C13H17BrN2O4. The highest BCUT2D eigenvalue weighted by molar-refractivity contribution is 9.10. The van der Waals surface area contributed by atoms with Crippen LogP contribution >= 0.6 is 15.9 Å². The molecule has 0 radical (unpaired) electrons. The number of amides is 2. The van der Waals surface area contributed by atoms with Crippen LogP contribution in [0.2, 0.25) is 0 Å². The Bertz CT molecular complexity index is 505. The maximum Gasteiger partial charge on any atom is 0.337 e. The van der Waals surface area contributed by atoms with E-state index in [1.54, 1.807) is 6.07 Å². The van der Waals surface area contributed by atoms with E-state index in [9.17, 15) is 9.59 Å². The average Bonchev–Trinajstić information content (AvgIpc) is 2.37. The van der Waals surface area contributed by atoms with Crippen LogP contribution in [0.5, 0.6) is 0 Å². The Morgan fingerprint density at radius 2 is 2.05 bits per heavy atom. The van der Waals surface area contributed by atoms with Crippen molar-refractivity contribution < 1.29 is 19.8 Å². The number of carbonyl (C=O) groups is 2. The van der Waals surface area contributed by atoms with Crippen molar-refractivity contribution >= 4 is 33.6 Å². The number of anilines is 1. The monoisotopic (exact) mass is 344 g/mol. The van der Waals surface area contributed by atoms with Crippen molar-refractivity contribution in [2.75, 3.05) is 18.5 Å². The summed E-state index contributed by atoms with van der Waals surface area (Å²) in [5.74, 6) is -1.13. The van der Waals surface area contributed by atoms with Gasteiger partial charge in [0.15, 0.2) is 0 Å². The van der Waals surface area contributed by atoms with Gasteiger partial charge in [-0.25, -0.2) is 9.59 Å². The van der Waals surface area contributed by atoms with Crippen LogP contribution in [0.3, 0.4) is 0 Å². The maximum atomic E-state index is 12.1. The van der Waals surface area contributed by atoms with Crippen LogP contribution in [-0.2, 0) is 0 Å². The van der Waals surface area contributed by atoms with Crippen LogP contribution in [0.4, 0.5) is 10.5 Å². The fraction of sp³-hybridized carbons (Fsp3) is 0.385. The van der Waals surface area contributed by atoms with Crippen molar-refractivity contribution in [2.24, 2.45) is 0 Å². The van der Waals surface area contributed by atoms with Gasteiger partial charge < -0.3 is 20.4 Å². The second-order valence-electron chi connectivity index (χ2n) is 4.44. The first-order chi connectivity index (χ1) is 9.36. The molecule has 2 amide bonds. The van der Waals surface area contributed by atoms with Crippen molar-refractivity contribution in [1.82, 2.24) is 4.90 Å². The first-order valence-electron chi connectivity index (χ1n) is 6.08. The van der Waals surface area contributed by atoms with E-state index < -0.39 is 12.0 Å². The van der Waals surface area contributed by atoms with Gasteiger partial charge in [-0.3, -0.25) is 0 Å². The fourth-order valence-electron chi connectivity index (χ4n) is 1.69. The molecular weight excluding hydrogens is 328 g/mol. The van der Waals surface area contributed by atoms with Gasteiger partial charge in [0.05, 0.1) is 17.9 Å². The second kappa shape index (κ2) is 7.25. The van der Waals surface area contributed by atoms with Crippen molar-refractivity contribution in [3.05, 3.63) is 28.2 Å². The number of aromatic carboxylic acids is 1. The van der Waals surface area contributed by atoms with Gasteiger partial charge in [-0.15, -0.1) is 0 Å². The second-order valence-corrected chi connectivity index (χ2v) is 5.35. The number of rotatable bonds is 5. The quantitative estimate of drug-likeness (QED) is 0.764. The molecule has 6 nitrogen and oxygen atoms in total. The van der Waals surface area contributed by atoms with E-state index in [4.69, 9.17) is 10.2 Å². The van der Waals surface area contributed by atoms with Gasteiger partial charge in [-0.05, 0) is 32.0 Å². The average molecular weight is 345 g/mol. The van der Waals surface area contributed by atoms with Gasteiger partial charge in [0.1, 0.15) is 0 Å². The van der Waals surface area contributed by atoms with Gasteiger partial charge in [0.25, 0.3) is 0 Å². The molecule has 1 rings (SSSR count). The first kappa shape index (κ1) is 16.5. The summed E-state index contributed by atoms with van der Waals surface area (Å²) in [7, 11) is 0. The lowest BCUT2D eigenvalue weighted by molar-refractivity contribution is 0.0698. The van der Waals surface area contributed by atoms with Gasteiger partial charge in [0.2, 0.25) is 0 Å². The standard InChI is InChI=1S/C13H17BrN2O4/c1-8(2)16(5-6-17)13(20)15-11-4-3-9(14)7-10(11)12(18)19/h3-4,7-8,17H,5-6H2,1-2H3,(H,15,20)(H,18,19). The Labute approximate surface area is 125 Å². The Balaban J connectivity index is 2.97. The summed E-state index contributed by atoms with van der Waals surface area (Å²) in [4.78, 5) is 24.7. The predicted octanol–water partition coefficient (Wildman–Crippen LogP) is 2.38. The topological polar surface area (TPSA) is 89.9 Å². The zero-order valence-electron chi connectivity index (χ0n) is 11.3. The molecule has 0 aliphatic heterocycles. The van der Waals surface area contributed by atoms with E-state index in [2.05, 4.69) is 21.2 Å². The van der Waals surface area contributed by atoms with Crippen molar-refractivity contribution in [2.45, 2.75) is 19.9 Å². The van der Waals surface area contributed by atoms with E-state index in [1.807, 2.05) is 13.8 Å². The van der Waals surface area contributed by atoms with Crippen LogP contribution in [0.15, 0.2) is 22.7 Å². The molecule has 0 aromatic heterocycles. The minimum absolute atomic E-state index is 0.000398. The Morgan fingerprint density at radius 3 is 2.55 bits per heavy atom. The lowest BCUT2D eigenvalue weighted by atomic mass is 10.2. The van der Waals surface area contributed by atoms with Crippen LogP contribution < -0.4 is 5.32 Å². The highest BCUT2D eigenvalue weighted by atomic mass is 79.9. The highest BCUT2D eigenvalue weighted by Crippen LogP contribution is 2.21. The lowest BCUT2D eigenvalue weighted by Gasteiger charge is -2.26. The van der Waals surface area contributed by atoms with E-state index >= 15 is 0 Å². The molecule has 1 aromatic rings. The molecule has 110 valence electrons. The normalized spacial score (nSPS) is 10.4. The third-order valence-corrected chi connectivity index (χ3v) is 3.17. The molecule has 0 saturated heterocycles. The zero-order chi connectivity index (χ0) is 15.3. The number of carboxylic acids is 1. The number of carboxylic acid groups (broad SMARTS) is 1. The van der Waals surface area contributed by atoms with E-state index in [0.717, 1.165) is 0 Å². The molecule has 0 bridgehead atoms. The van der Waals surface area contributed by atoms with Crippen molar-refractivity contribution in [3.8, 4) is 0 Å². The summed E-state index contributed by atoms with van der Waals surface area (Å²) >= 11 is 3.19. The Kier molecular flexibility index (Phi) is 5.97. The Hall–Kier alpha value is -1.60. The minimum Gasteiger partial charge on any atom is -0.478 e. The van der Waals surface area contributed by atoms with Crippen LogP contribution in [-0.4, -0.2) is 46.3 Å². The number of halogens is 1. The summed E-state index contributed by atoms with van der Waals surface area (Å²) in [6.07, 6.45) is 0. The molecule has 0 atom stereocenters. The number of urea groups is 1. The predicted molar refractivity (Wildman–Crippen MR) is 79.0 cm³/mol. The number of aliphatic hydroxyl groups excluding tert-OH is 1. The number of benzene rings is 1. The summed E-state index contributed by atoms with van der Waals surface area (Å²) in [5.41, 5.74) is 0.217. The van der Waals surface area contributed by atoms with Gasteiger partial charge >= 0.3 is 12.0 Å². The Morgan fingerprint density at radius 1 is 1.40 bits per heavy atom. The van der Waals surface area contributed by atoms with E-state index in [1.165, 1.54) is 17.0 Å². The summed E-state index contributed by atoms with van der Waals surface area (Å²) in [5, 5.41) is 20.6. The largest absolute Gasteiger partial charge is 0.478 e. The third-order valence-electron chi connectivity index (χ3n) is 2.68. The van der Waals surface area contributed by atoms with E-state index in [0.29, 0.717) is 4.47 Å². The molecule has 3 N–H and O–H groups in total. The fourth-order valence-corrected chi connectivity index (χ4v) is 2.05. The molecule has 7 heteroatoms. The lowest BCUT2D eigenvalue weighted by Crippen LogP contribution is -2.42. The number of aliphatic hydroxyl groups is 1. The van der Waals surface area contributed by atoms with Crippen molar-refractivity contribution in [1.29, 1.82) is 0 Å². The summed E-state index contributed by atoms with van der Waals surface area (Å²) in [6.45, 7) is 3.66. The molecule has 0 aliphatic carbocycles. The number of nitrogens with one attached hydrogen (secondary N) is 1. The number of hydrogen-bond donors (Lipinski definition) is 3. The molecule has 0 saturated carbocycles. The van der Waals surface area contributed by atoms with Gasteiger partial charge in [-0.1, -0.05) is 15.9 Å². The molecule has 1 aromatic carbocycles. The highest BCUT2D eigenvalue weighted by Gasteiger charge is 2.19. The van der Waals surface area contributed by atoms with Crippen LogP contribution in [0.1, 0.15) is 24.2 Å². The molecule has 0 aliphatic rings. The van der Waals surface area contributed by atoms with Gasteiger partial charge in [0, 0.05) is 17.1 Å². The van der Waals surface area contributed by atoms with Crippen molar-refractivity contribution in [3.63, 3.8) is 0 Å². The summed E-state index contributed by atoms with van der Waals surface area (Å²) in [6, 6.07) is 4.03. The van der Waals surface area contributed by atoms with E-state index in [-0.39, 0.29) is 30.4 Å². The molecule has 0 spiro atoms.